The molecule has 0 fully saturated rings. The molecule has 1 heterocycles. The zero-order valence-electron chi connectivity index (χ0n) is 9.65. The quantitative estimate of drug-likeness (QED) is 0.866. The maximum absolute atomic E-state index is 11.8. The Hall–Kier alpha value is -0.430. The van der Waals surface area contributed by atoms with Crippen LogP contribution in [0.4, 0.5) is 0 Å². The van der Waals surface area contributed by atoms with Crippen molar-refractivity contribution in [3.05, 3.63) is 16.3 Å². The Morgan fingerprint density at radius 2 is 2.06 bits per heavy atom. The first-order valence-electron chi connectivity index (χ1n) is 4.92. The van der Waals surface area contributed by atoms with Crippen LogP contribution in [0.2, 0.25) is 0 Å². The second kappa shape index (κ2) is 4.83. The summed E-state index contributed by atoms with van der Waals surface area (Å²) in [4.78, 5) is 0.877. The third-order valence-corrected chi connectivity index (χ3v) is 4.34. The summed E-state index contributed by atoms with van der Waals surface area (Å²) in [5.74, 6) is 0. The van der Waals surface area contributed by atoms with Crippen molar-refractivity contribution in [3.8, 4) is 0 Å². The van der Waals surface area contributed by atoms with Crippen molar-refractivity contribution in [1.29, 1.82) is 0 Å². The smallest absolute Gasteiger partial charge is 0.241 e. The van der Waals surface area contributed by atoms with Gasteiger partial charge >= 0.3 is 0 Å². The van der Waals surface area contributed by atoms with E-state index in [0.717, 1.165) is 0 Å². The number of aliphatic hydroxyl groups is 1. The van der Waals surface area contributed by atoms with Gasteiger partial charge in [0.2, 0.25) is 10.0 Å². The summed E-state index contributed by atoms with van der Waals surface area (Å²) in [5, 5.41) is 10.4. The van der Waals surface area contributed by atoms with E-state index in [1.54, 1.807) is 0 Å². The SMILES string of the molecule is CC(C)(C)CNS(=O)(=O)c1csc(CO)c1. The molecule has 1 rings (SSSR count). The number of hydrogen-bond donors (Lipinski definition) is 2. The largest absolute Gasteiger partial charge is 0.391 e. The van der Waals surface area contributed by atoms with Crippen LogP contribution in [0.15, 0.2) is 16.3 Å². The van der Waals surface area contributed by atoms with Crippen molar-refractivity contribution >= 4 is 21.4 Å². The zero-order valence-corrected chi connectivity index (χ0v) is 11.3. The fourth-order valence-electron chi connectivity index (χ4n) is 0.979. The lowest BCUT2D eigenvalue weighted by atomic mass is 9.98. The first kappa shape index (κ1) is 13.6. The predicted octanol–water partition coefficient (Wildman–Crippen LogP) is 1.56. The van der Waals surface area contributed by atoms with Gasteiger partial charge in [-0.1, -0.05) is 20.8 Å². The summed E-state index contributed by atoms with van der Waals surface area (Å²) in [7, 11) is -3.43. The average Bonchev–Trinajstić information content (AvgIpc) is 2.62. The highest BCUT2D eigenvalue weighted by Gasteiger charge is 2.19. The molecular formula is C10H17NO3S2. The van der Waals surface area contributed by atoms with Gasteiger partial charge in [-0.15, -0.1) is 11.3 Å². The number of hydrogen-bond acceptors (Lipinski definition) is 4. The molecule has 6 heteroatoms. The maximum atomic E-state index is 11.8. The van der Waals surface area contributed by atoms with E-state index >= 15 is 0 Å². The predicted molar refractivity (Wildman–Crippen MR) is 64.9 cm³/mol. The van der Waals surface area contributed by atoms with Crippen molar-refractivity contribution in [2.24, 2.45) is 5.41 Å². The molecule has 0 amide bonds. The summed E-state index contributed by atoms with van der Waals surface area (Å²) in [6.07, 6.45) is 0. The summed E-state index contributed by atoms with van der Waals surface area (Å²) in [5.41, 5.74) is -0.0943. The highest BCUT2D eigenvalue weighted by atomic mass is 32.2. The van der Waals surface area contributed by atoms with Gasteiger partial charge in [-0.05, 0) is 11.5 Å². The highest BCUT2D eigenvalue weighted by Crippen LogP contribution is 2.20. The first-order valence-corrected chi connectivity index (χ1v) is 7.29. The first-order chi connectivity index (χ1) is 7.24. The highest BCUT2D eigenvalue weighted by molar-refractivity contribution is 7.89. The van der Waals surface area contributed by atoms with Crippen LogP contribution in [-0.4, -0.2) is 20.1 Å². The lowest BCUT2D eigenvalue weighted by Gasteiger charge is -2.18. The molecule has 0 radical (unpaired) electrons. The zero-order chi connectivity index (χ0) is 12.4. The number of sulfonamides is 1. The number of nitrogens with one attached hydrogen (secondary N) is 1. The second-order valence-corrected chi connectivity index (χ2v) is 7.55. The maximum Gasteiger partial charge on any atom is 0.241 e. The fourth-order valence-corrected chi connectivity index (χ4v) is 3.40. The van der Waals surface area contributed by atoms with E-state index in [2.05, 4.69) is 4.72 Å². The van der Waals surface area contributed by atoms with Gasteiger partial charge < -0.3 is 5.11 Å². The van der Waals surface area contributed by atoms with Crippen LogP contribution in [0.5, 0.6) is 0 Å². The van der Waals surface area contributed by atoms with Crippen molar-refractivity contribution in [3.63, 3.8) is 0 Å². The standard InChI is InChI=1S/C10H17NO3S2/c1-10(2,3)7-11-16(13,14)9-4-8(5-12)15-6-9/h4,6,11-12H,5,7H2,1-3H3. The Morgan fingerprint density at radius 1 is 1.44 bits per heavy atom. The molecule has 0 saturated carbocycles. The summed E-state index contributed by atoms with van der Waals surface area (Å²) >= 11 is 1.24. The molecule has 0 atom stereocenters. The molecule has 1 aromatic heterocycles. The Balaban J connectivity index is 2.78. The van der Waals surface area contributed by atoms with E-state index in [9.17, 15) is 8.42 Å². The van der Waals surface area contributed by atoms with E-state index in [1.807, 2.05) is 20.8 Å². The number of thiophene rings is 1. The molecule has 16 heavy (non-hydrogen) atoms. The van der Waals surface area contributed by atoms with Crippen molar-refractivity contribution < 1.29 is 13.5 Å². The minimum atomic E-state index is -3.43. The van der Waals surface area contributed by atoms with Gasteiger partial charge in [0.05, 0.1) is 11.5 Å². The Morgan fingerprint density at radius 3 is 2.50 bits per heavy atom. The van der Waals surface area contributed by atoms with Crippen molar-refractivity contribution in [2.45, 2.75) is 32.3 Å². The number of rotatable bonds is 4. The molecule has 0 saturated heterocycles. The van der Waals surface area contributed by atoms with E-state index in [0.29, 0.717) is 11.4 Å². The van der Waals surface area contributed by atoms with Crippen LogP contribution >= 0.6 is 11.3 Å². The van der Waals surface area contributed by atoms with E-state index in [1.165, 1.54) is 22.8 Å². The van der Waals surface area contributed by atoms with Crippen LogP contribution in [-0.2, 0) is 16.6 Å². The monoisotopic (exact) mass is 263 g/mol. The lowest BCUT2D eigenvalue weighted by molar-refractivity contribution is 0.285. The van der Waals surface area contributed by atoms with Crippen molar-refractivity contribution in [2.75, 3.05) is 6.54 Å². The molecule has 92 valence electrons. The molecule has 0 aliphatic carbocycles. The van der Waals surface area contributed by atoms with Crippen LogP contribution < -0.4 is 4.72 Å². The molecule has 0 unspecified atom stereocenters. The molecule has 0 aromatic carbocycles. The minimum Gasteiger partial charge on any atom is -0.391 e. The Bertz CT molecular complexity index is 443. The second-order valence-electron chi connectivity index (χ2n) is 4.79. The Kier molecular flexibility index (Phi) is 4.12. The molecule has 0 aliphatic rings. The molecular weight excluding hydrogens is 246 g/mol. The molecule has 0 aliphatic heterocycles. The van der Waals surface area contributed by atoms with Crippen molar-refractivity contribution in [1.82, 2.24) is 4.72 Å². The topological polar surface area (TPSA) is 66.4 Å². The van der Waals surface area contributed by atoms with Crippen LogP contribution in [0, 0.1) is 5.41 Å². The summed E-state index contributed by atoms with van der Waals surface area (Å²) in [6.45, 7) is 6.14. The molecule has 4 nitrogen and oxygen atoms in total. The molecule has 0 bridgehead atoms. The van der Waals surface area contributed by atoms with Gasteiger partial charge in [-0.2, -0.15) is 0 Å². The van der Waals surface area contributed by atoms with Gasteiger partial charge in [0.15, 0.2) is 0 Å². The van der Waals surface area contributed by atoms with Crippen LogP contribution in [0.1, 0.15) is 25.6 Å². The van der Waals surface area contributed by atoms with Gasteiger partial charge in [0, 0.05) is 16.8 Å². The van der Waals surface area contributed by atoms with Gasteiger partial charge in [0.25, 0.3) is 0 Å². The van der Waals surface area contributed by atoms with Gasteiger partial charge in [-0.25, -0.2) is 13.1 Å². The van der Waals surface area contributed by atoms with E-state index in [4.69, 9.17) is 5.11 Å². The molecule has 0 spiro atoms. The third kappa shape index (κ3) is 3.86. The molecule has 1 aromatic rings. The van der Waals surface area contributed by atoms with Crippen LogP contribution in [0.3, 0.4) is 0 Å². The third-order valence-electron chi connectivity index (χ3n) is 1.89. The van der Waals surface area contributed by atoms with Gasteiger partial charge in [-0.3, -0.25) is 0 Å². The lowest BCUT2D eigenvalue weighted by Crippen LogP contribution is -2.32. The van der Waals surface area contributed by atoms with Gasteiger partial charge in [0.1, 0.15) is 0 Å². The van der Waals surface area contributed by atoms with Crippen LogP contribution in [0.25, 0.3) is 0 Å². The molecule has 2 N–H and O–H groups in total. The van der Waals surface area contributed by atoms with E-state index in [-0.39, 0.29) is 16.9 Å². The van der Waals surface area contributed by atoms with E-state index < -0.39 is 10.0 Å². The minimum absolute atomic E-state index is 0.0943. The fraction of sp³-hybridized carbons (Fsp3) is 0.600. The summed E-state index contributed by atoms with van der Waals surface area (Å²) in [6, 6.07) is 1.50. The summed E-state index contributed by atoms with van der Waals surface area (Å²) < 4.78 is 26.2. The average molecular weight is 263 g/mol. The normalized spacial score (nSPS) is 13.0. The Labute approximate surface area is 100 Å². The number of aliphatic hydroxyl groups excluding tert-OH is 1.